The van der Waals surface area contributed by atoms with Crippen LogP contribution in [-0.4, -0.2) is 46.4 Å². The smallest absolute Gasteiger partial charge is 0.219 e. The zero-order valence-electron chi connectivity index (χ0n) is 11.0. The molecular formula is C13H20N4O. The number of amides is 1. The second-order valence-corrected chi connectivity index (χ2v) is 4.89. The van der Waals surface area contributed by atoms with Crippen molar-refractivity contribution in [3.63, 3.8) is 0 Å². The van der Waals surface area contributed by atoms with Crippen molar-refractivity contribution in [1.29, 1.82) is 0 Å². The van der Waals surface area contributed by atoms with Crippen LogP contribution in [0.3, 0.4) is 0 Å². The van der Waals surface area contributed by atoms with Crippen molar-refractivity contribution in [3.05, 3.63) is 23.9 Å². The maximum atomic E-state index is 11.4. The third kappa shape index (κ3) is 2.98. The minimum absolute atomic E-state index is 0.163. The molecule has 5 heteroatoms. The highest BCUT2D eigenvalue weighted by Crippen LogP contribution is 2.13. The summed E-state index contributed by atoms with van der Waals surface area (Å²) in [5.74, 6) is 0.713. The molecule has 1 fully saturated rings. The molecule has 1 saturated heterocycles. The summed E-state index contributed by atoms with van der Waals surface area (Å²) in [5, 5.41) is 0. The molecule has 1 aromatic heterocycles. The van der Waals surface area contributed by atoms with Gasteiger partial charge in [-0.1, -0.05) is 6.07 Å². The summed E-state index contributed by atoms with van der Waals surface area (Å²) >= 11 is 0. The molecule has 2 heterocycles. The van der Waals surface area contributed by atoms with Crippen molar-refractivity contribution in [2.45, 2.75) is 26.4 Å². The summed E-state index contributed by atoms with van der Waals surface area (Å²) in [6.45, 7) is 7.21. The van der Waals surface area contributed by atoms with Gasteiger partial charge in [0.2, 0.25) is 5.91 Å². The number of rotatable bonds is 2. The summed E-state index contributed by atoms with van der Waals surface area (Å²) in [4.78, 5) is 19.8. The number of carbonyl (C=O) groups is 1. The van der Waals surface area contributed by atoms with E-state index in [-0.39, 0.29) is 11.9 Å². The fourth-order valence-electron chi connectivity index (χ4n) is 2.43. The summed E-state index contributed by atoms with van der Waals surface area (Å²) < 4.78 is 0. The highest BCUT2D eigenvalue weighted by molar-refractivity contribution is 5.73. The van der Waals surface area contributed by atoms with Crippen LogP contribution in [0.2, 0.25) is 0 Å². The summed E-state index contributed by atoms with van der Waals surface area (Å²) in [6, 6.07) is 4.10. The number of nitrogens with zero attached hydrogens (tertiary/aromatic N) is 3. The van der Waals surface area contributed by atoms with Crippen molar-refractivity contribution in [2.75, 3.05) is 25.4 Å². The zero-order valence-corrected chi connectivity index (χ0v) is 11.0. The number of pyridine rings is 1. The number of carbonyl (C=O) groups excluding carboxylic acids is 1. The highest BCUT2D eigenvalue weighted by Gasteiger charge is 2.25. The Morgan fingerprint density at radius 1 is 1.50 bits per heavy atom. The topological polar surface area (TPSA) is 62.5 Å². The highest BCUT2D eigenvalue weighted by atomic mass is 16.2. The summed E-state index contributed by atoms with van der Waals surface area (Å²) in [5.41, 5.74) is 6.72. The second kappa shape index (κ2) is 5.35. The number of hydrogen-bond acceptors (Lipinski definition) is 4. The van der Waals surface area contributed by atoms with E-state index < -0.39 is 0 Å². The molecule has 1 aromatic rings. The molecule has 0 saturated carbocycles. The Morgan fingerprint density at radius 3 is 2.83 bits per heavy atom. The van der Waals surface area contributed by atoms with Gasteiger partial charge in [-0.25, -0.2) is 4.98 Å². The fraction of sp³-hybridized carbons (Fsp3) is 0.538. The molecule has 2 N–H and O–H groups in total. The first-order valence-electron chi connectivity index (χ1n) is 6.26. The van der Waals surface area contributed by atoms with E-state index in [1.54, 1.807) is 6.92 Å². The third-order valence-electron chi connectivity index (χ3n) is 3.37. The predicted octanol–water partition coefficient (Wildman–Crippen LogP) is 0.716. The Labute approximate surface area is 108 Å². The molecule has 0 bridgehead atoms. The Bertz CT molecular complexity index is 418. The van der Waals surface area contributed by atoms with Crippen LogP contribution in [0, 0.1) is 0 Å². The van der Waals surface area contributed by atoms with Gasteiger partial charge >= 0.3 is 0 Å². The van der Waals surface area contributed by atoms with Crippen molar-refractivity contribution < 1.29 is 4.79 Å². The predicted molar refractivity (Wildman–Crippen MR) is 70.8 cm³/mol. The van der Waals surface area contributed by atoms with E-state index in [9.17, 15) is 4.79 Å². The first-order valence-corrected chi connectivity index (χ1v) is 6.26. The fourth-order valence-corrected chi connectivity index (χ4v) is 2.43. The molecule has 0 unspecified atom stereocenters. The van der Waals surface area contributed by atoms with E-state index >= 15 is 0 Å². The van der Waals surface area contributed by atoms with E-state index in [0.29, 0.717) is 5.82 Å². The lowest BCUT2D eigenvalue weighted by Crippen LogP contribution is -2.52. The molecule has 18 heavy (non-hydrogen) atoms. The van der Waals surface area contributed by atoms with Crippen LogP contribution in [0.4, 0.5) is 5.82 Å². The Hall–Kier alpha value is -1.62. The van der Waals surface area contributed by atoms with Crippen LogP contribution in [-0.2, 0) is 11.3 Å². The quantitative estimate of drug-likeness (QED) is 0.837. The molecule has 1 amide bonds. The molecule has 5 nitrogen and oxygen atoms in total. The first kappa shape index (κ1) is 12.8. The van der Waals surface area contributed by atoms with Crippen molar-refractivity contribution in [1.82, 2.24) is 14.8 Å². The summed E-state index contributed by atoms with van der Waals surface area (Å²) in [7, 11) is 0. The largest absolute Gasteiger partial charge is 0.384 e. The van der Waals surface area contributed by atoms with Gasteiger partial charge in [0.25, 0.3) is 0 Å². The van der Waals surface area contributed by atoms with Gasteiger partial charge in [0.1, 0.15) is 5.82 Å². The molecule has 0 aromatic carbocycles. The molecule has 1 aliphatic heterocycles. The second-order valence-electron chi connectivity index (χ2n) is 4.89. The number of piperazine rings is 1. The number of anilines is 1. The van der Waals surface area contributed by atoms with Crippen molar-refractivity contribution in [2.24, 2.45) is 0 Å². The molecule has 2 rings (SSSR count). The van der Waals surface area contributed by atoms with Gasteiger partial charge in [-0.05, 0) is 18.6 Å². The van der Waals surface area contributed by atoms with E-state index in [0.717, 1.165) is 31.7 Å². The first-order chi connectivity index (χ1) is 8.56. The number of nitrogen functional groups attached to an aromatic ring is 1. The molecular weight excluding hydrogens is 228 g/mol. The number of nitrogens with two attached hydrogens (primary N) is 1. The minimum Gasteiger partial charge on any atom is -0.384 e. The maximum Gasteiger partial charge on any atom is 0.219 e. The summed E-state index contributed by atoms with van der Waals surface area (Å²) in [6.07, 6.45) is 1.82. The van der Waals surface area contributed by atoms with Crippen LogP contribution in [0.1, 0.15) is 19.4 Å². The van der Waals surface area contributed by atoms with Crippen molar-refractivity contribution in [3.8, 4) is 0 Å². The molecule has 1 aliphatic rings. The standard InChI is InChI=1S/C13H20N4O/c1-10-8-16(5-6-17(10)11(2)18)9-12-3-4-13(14)15-7-12/h3-4,7,10H,5-6,8-9H2,1-2H3,(H2,14,15)/t10-/m0/s1. The number of hydrogen-bond donors (Lipinski definition) is 1. The lowest BCUT2D eigenvalue weighted by Gasteiger charge is -2.39. The van der Waals surface area contributed by atoms with Crippen LogP contribution in [0.15, 0.2) is 18.3 Å². The Balaban J connectivity index is 1.93. The normalized spacial score (nSPS) is 21.0. The van der Waals surface area contributed by atoms with Crippen molar-refractivity contribution >= 4 is 11.7 Å². The molecule has 98 valence electrons. The lowest BCUT2D eigenvalue weighted by molar-refractivity contribution is -0.133. The van der Waals surface area contributed by atoms with Gasteiger partial charge in [0.15, 0.2) is 0 Å². The van der Waals surface area contributed by atoms with Gasteiger partial charge in [0, 0.05) is 45.3 Å². The van der Waals surface area contributed by atoms with Crippen LogP contribution >= 0.6 is 0 Å². The Morgan fingerprint density at radius 2 is 2.28 bits per heavy atom. The monoisotopic (exact) mass is 248 g/mol. The zero-order chi connectivity index (χ0) is 13.1. The average Bonchev–Trinajstić information content (AvgIpc) is 2.32. The minimum atomic E-state index is 0.163. The maximum absolute atomic E-state index is 11.4. The lowest BCUT2D eigenvalue weighted by atomic mass is 10.1. The van der Waals surface area contributed by atoms with E-state index in [4.69, 9.17) is 5.73 Å². The van der Waals surface area contributed by atoms with Crippen LogP contribution in [0.25, 0.3) is 0 Å². The van der Waals surface area contributed by atoms with E-state index in [1.165, 1.54) is 0 Å². The van der Waals surface area contributed by atoms with Crippen LogP contribution in [0.5, 0.6) is 0 Å². The van der Waals surface area contributed by atoms with Gasteiger partial charge < -0.3 is 10.6 Å². The molecule has 0 aliphatic carbocycles. The van der Waals surface area contributed by atoms with Gasteiger partial charge in [-0.15, -0.1) is 0 Å². The van der Waals surface area contributed by atoms with Gasteiger partial charge in [-0.2, -0.15) is 0 Å². The molecule has 1 atom stereocenters. The van der Waals surface area contributed by atoms with Gasteiger partial charge in [0.05, 0.1) is 0 Å². The molecule has 0 spiro atoms. The third-order valence-corrected chi connectivity index (χ3v) is 3.37. The van der Waals surface area contributed by atoms with Crippen LogP contribution < -0.4 is 5.73 Å². The van der Waals surface area contributed by atoms with E-state index in [1.807, 2.05) is 23.2 Å². The molecule has 0 radical (unpaired) electrons. The van der Waals surface area contributed by atoms with E-state index in [2.05, 4.69) is 16.8 Å². The Kier molecular flexibility index (Phi) is 3.81. The van der Waals surface area contributed by atoms with Gasteiger partial charge in [-0.3, -0.25) is 9.69 Å². The average molecular weight is 248 g/mol. The number of aromatic nitrogens is 1. The SMILES string of the molecule is CC(=O)N1CCN(Cc2ccc(N)nc2)C[C@@H]1C.